The predicted molar refractivity (Wildman–Crippen MR) is 104 cm³/mol. The van der Waals surface area contributed by atoms with E-state index in [0.29, 0.717) is 12.3 Å². The normalized spacial score (nSPS) is 14.3. The van der Waals surface area contributed by atoms with Crippen molar-refractivity contribution < 1.29 is 0 Å². The van der Waals surface area contributed by atoms with Crippen LogP contribution in [0, 0.1) is 0 Å². The molecule has 0 saturated carbocycles. The zero-order valence-electron chi connectivity index (χ0n) is 14.1. The third-order valence-corrected chi connectivity index (χ3v) is 6.11. The Kier molecular flexibility index (Phi) is 3.55. The van der Waals surface area contributed by atoms with Crippen molar-refractivity contribution in [3.05, 3.63) is 56.4 Å². The second-order valence-electron chi connectivity index (χ2n) is 6.55. The molecule has 0 fully saturated rings. The van der Waals surface area contributed by atoms with Crippen molar-refractivity contribution in [2.75, 3.05) is 11.4 Å². The van der Waals surface area contributed by atoms with Crippen LogP contribution >= 0.6 is 22.9 Å². The highest BCUT2D eigenvalue weighted by Crippen LogP contribution is 2.31. The van der Waals surface area contributed by atoms with Crippen LogP contribution in [-0.2, 0) is 20.0 Å². The summed E-state index contributed by atoms with van der Waals surface area (Å²) in [4.78, 5) is 14.8. The average molecular weight is 386 g/mol. The van der Waals surface area contributed by atoms with Crippen molar-refractivity contribution in [2.24, 2.45) is 7.05 Å². The van der Waals surface area contributed by atoms with Gasteiger partial charge in [0.25, 0.3) is 5.56 Å². The molecule has 0 unspecified atom stereocenters. The smallest absolute Gasteiger partial charge is 0.272 e. The number of rotatable bonds is 2. The van der Waals surface area contributed by atoms with Crippen molar-refractivity contribution in [1.29, 1.82) is 0 Å². The number of thiophene rings is 1. The lowest BCUT2D eigenvalue weighted by Crippen LogP contribution is -2.30. The van der Waals surface area contributed by atoms with Crippen LogP contribution in [0.5, 0.6) is 0 Å². The maximum atomic E-state index is 12.5. The molecule has 3 aromatic heterocycles. The van der Waals surface area contributed by atoms with Crippen LogP contribution < -0.4 is 10.5 Å². The number of hydrogen-bond donors (Lipinski definition) is 0. The standard InChI is InChI=1S/C18H16ClN5OS/c1-22-17(25)16-14(6-8-26-16)24-15(20-21-18(22)24)10-23-7-2-3-11-9-12(19)4-5-13(11)23/h4-6,8-9H,2-3,7,10H2,1H3. The van der Waals surface area contributed by atoms with Crippen LogP contribution in [-0.4, -0.2) is 25.7 Å². The van der Waals surface area contributed by atoms with Gasteiger partial charge in [-0.25, -0.2) is 0 Å². The summed E-state index contributed by atoms with van der Waals surface area (Å²) < 4.78 is 4.29. The molecule has 1 aromatic carbocycles. The Labute approximate surface area is 158 Å². The molecule has 0 spiro atoms. The van der Waals surface area contributed by atoms with Crippen molar-refractivity contribution in [2.45, 2.75) is 19.4 Å². The van der Waals surface area contributed by atoms with E-state index in [1.54, 1.807) is 11.6 Å². The highest BCUT2D eigenvalue weighted by Gasteiger charge is 2.21. The molecule has 0 bridgehead atoms. The summed E-state index contributed by atoms with van der Waals surface area (Å²) in [6.07, 6.45) is 2.12. The Bertz CT molecular complexity index is 1210. The summed E-state index contributed by atoms with van der Waals surface area (Å²) in [7, 11) is 1.74. The second-order valence-corrected chi connectivity index (χ2v) is 7.90. The zero-order chi connectivity index (χ0) is 17.8. The van der Waals surface area contributed by atoms with Crippen LogP contribution in [0.15, 0.2) is 34.4 Å². The number of fused-ring (bicyclic) bond motifs is 4. The van der Waals surface area contributed by atoms with E-state index in [4.69, 9.17) is 11.6 Å². The Morgan fingerprint density at radius 2 is 2.15 bits per heavy atom. The molecule has 4 heterocycles. The van der Waals surface area contributed by atoms with Gasteiger partial charge < -0.3 is 4.90 Å². The maximum absolute atomic E-state index is 12.5. The first-order valence-electron chi connectivity index (χ1n) is 8.47. The van der Waals surface area contributed by atoms with Gasteiger partial charge in [0.15, 0.2) is 5.82 Å². The summed E-state index contributed by atoms with van der Waals surface area (Å²) in [5.74, 6) is 1.41. The number of aryl methyl sites for hydroxylation is 2. The van der Waals surface area contributed by atoms with E-state index >= 15 is 0 Å². The van der Waals surface area contributed by atoms with E-state index in [-0.39, 0.29) is 5.56 Å². The predicted octanol–water partition coefficient (Wildman–Crippen LogP) is 3.25. The highest BCUT2D eigenvalue weighted by atomic mass is 35.5. The Morgan fingerprint density at radius 1 is 1.27 bits per heavy atom. The fraction of sp³-hybridized carbons (Fsp3) is 0.278. The lowest BCUT2D eigenvalue weighted by atomic mass is 10.0. The van der Waals surface area contributed by atoms with Crippen molar-refractivity contribution in [1.82, 2.24) is 19.2 Å². The average Bonchev–Trinajstić information content (AvgIpc) is 3.26. The lowest BCUT2D eigenvalue weighted by molar-refractivity contribution is 0.671. The van der Waals surface area contributed by atoms with Crippen molar-refractivity contribution >= 4 is 44.6 Å². The van der Waals surface area contributed by atoms with E-state index in [0.717, 1.165) is 40.5 Å². The summed E-state index contributed by atoms with van der Waals surface area (Å²) in [5, 5.41) is 11.4. The Hall–Kier alpha value is -2.38. The van der Waals surface area contributed by atoms with Crippen molar-refractivity contribution in [3.63, 3.8) is 0 Å². The van der Waals surface area contributed by atoms with Gasteiger partial charge in [0, 0.05) is 24.3 Å². The van der Waals surface area contributed by atoms with E-state index in [2.05, 4.69) is 21.2 Å². The second kappa shape index (κ2) is 5.82. The van der Waals surface area contributed by atoms with Crippen LogP contribution in [0.25, 0.3) is 16.0 Å². The lowest BCUT2D eigenvalue weighted by Gasteiger charge is -2.30. The molecule has 5 rings (SSSR count). The summed E-state index contributed by atoms with van der Waals surface area (Å²) in [6.45, 7) is 1.60. The third kappa shape index (κ3) is 2.27. The molecule has 1 aliphatic rings. The van der Waals surface area contributed by atoms with Gasteiger partial charge in [0.2, 0.25) is 5.78 Å². The van der Waals surface area contributed by atoms with Gasteiger partial charge in [-0.1, -0.05) is 11.6 Å². The van der Waals surface area contributed by atoms with E-state index < -0.39 is 0 Å². The van der Waals surface area contributed by atoms with Crippen LogP contribution in [0.1, 0.15) is 17.8 Å². The summed E-state index contributed by atoms with van der Waals surface area (Å²) >= 11 is 7.61. The minimum absolute atomic E-state index is 0.0283. The van der Waals surface area contributed by atoms with Gasteiger partial charge in [-0.05, 0) is 48.1 Å². The first kappa shape index (κ1) is 15.8. The van der Waals surface area contributed by atoms with Gasteiger partial charge in [0.05, 0.1) is 12.1 Å². The monoisotopic (exact) mass is 385 g/mol. The maximum Gasteiger partial charge on any atom is 0.272 e. The molecule has 132 valence electrons. The minimum Gasteiger partial charge on any atom is -0.364 e. The quantitative estimate of drug-likeness (QED) is 0.531. The van der Waals surface area contributed by atoms with Crippen LogP contribution in [0.3, 0.4) is 0 Å². The Morgan fingerprint density at radius 3 is 3.04 bits per heavy atom. The van der Waals surface area contributed by atoms with Crippen molar-refractivity contribution in [3.8, 4) is 0 Å². The summed E-state index contributed by atoms with van der Waals surface area (Å²) in [5.41, 5.74) is 3.32. The fourth-order valence-electron chi connectivity index (χ4n) is 3.73. The van der Waals surface area contributed by atoms with Gasteiger partial charge in [-0.3, -0.25) is 13.8 Å². The SMILES string of the molecule is Cn1c(=O)c2sccc2n2c(CN3CCCc4cc(Cl)ccc43)nnc12. The third-order valence-electron chi connectivity index (χ3n) is 4.99. The van der Waals surface area contributed by atoms with Crippen LogP contribution in [0.4, 0.5) is 5.69 Å². The summed E-state index contributed by atoms with van der Waals surface area (Å²) in [6, 6.07) is 8.02. The molecular weight excluding hydrogens is 370 g/mol. The van der Waals surface area contributed by atoms with Gasteiger partial charge in [-0.2, -0.15) is 0 Å². The number of aromatic nitrogens is 4. The zero-order valence-corrected chi connectivity index (χ0v) is 15.7. The minimum atomic E-state index is -0.0283. The number of anilines is 1. The van der Waals surface area contributed by atoms with Gasteiger partial charge in [0.1, 0.15) is 4.70 Å². The molecule has 0 amide bonds. The molecule has 4 aromatic rings. The molecule has 0 saturated heterocycles. The number of halogens is 1. The van der Waals surface area contributed by atoms with E-state index in [1.165, 1.54) is 22.6 Å². The molecule has 0 N–H and O–H groups in total. The van der Waals surface area contributed by atoms with E-state index in [9.17, 15) is 4.79 Å². The fourth-order valence-corrected chi connectivity index (χ4v) is 4.78. The molecule has 8 heteroatoms. The Balaban J connectivity index is 1.65. The number of hydrogen-bond acceptors (Lipinski definition) is 5. The molecule has 6 nitrogen and oxygen atoms in total. The molecule has 0 atom stereocenters. The first-order valence-corrected chi connectivity index (χ1v) is 9.73. The number of nitrogens with zero attached hydrogens (tertiary/aromatic N) is 5. The first-order chi connectivity index (χ1) is 12.6. The van der Waals surface area contributed by atoms with Gasteiger partial charge in [-0.15, -0.1) is 21.5 Å². The molecule has 0 aliphatic carbocycles. The topological polar surface area (TPSA) is 55.4 Å². The van der Waals surface area contributed by atoms with Crippen LogP contribution in [0.2, 0.25) is 5.02 Å². The van der Waals surface area contributed by atoms with Gasteiger partial charge >= 0.3 is 0 Å². The van der Waals surface area contributed by atoms with E-state index in [1.807, 2.05) is 28.0 Å². The molecular formula is C18H16ClN5OS. The largest absolute Gasteiger partial charge is 0.364 e. The number of benzene rings is 1. The molecule has 0 radical (unpaired) electrons. The highest BCUT2D eigenvalue weighted by molar-refractivity contribution is 7.17. The molecule has 1 aliphatic heterocycles. The molecule has 26 heavy (non-hydrogen) atoms.